The van der Waals surface area contributed by atoms with Crippen molar-refractivity contribution in [1.29, 1.82) is 0 Å². The summed E-state index contributed by atoms with van der Waals surface area (Å²) >= 11 is 0. The summed E-state index contributed by atoms with van der Waals surface area (Å²) in [4.78, 5) is 2.60. The molecule has 2 heteroatoms. The van der Waals surface area contributed by atoms with E-state index in [4.69, 9.17) is 0 Å². The molecule has 0 N–H and O–H groups in total. The minimum absolute atomic E-state index is 0.141. The molecule has 0 spiro atoms. The Morgan fingerprint density at radius 2 is 1.39 bits per heavy atom. The molecule has 1 nitrogen and oxygen atoms in total. The van der Waals surface area contributed by atoms with E-state index in [0.29, 0.717) is 6.85 Å². The van der Waals surface area contributed by atoms with Gasteiger partial charge >= 0.3 is 0 Å². The average molecular weight is 247 g/mol. The van der Waals surface area contributed by atoms with Gasteiger partial charge in [-0.1, -0.05) is 53.6 Å². The monoisotopic (exact) mass is 247 g/mol. The molecule has 0 atom stereocenters. The van der Waals surface area contributed by atoms with Crippen molar-refractivity contribution in [2.45, 2.75) is 73.2 Å². The molecule has 18 heavy (non-hydrogen) atoms. The summed E-state index contributed by atoms with van der Waals surface area (Å²) in [5, 5.41) is 0.245. The summed E-state index contributed by atoms with van der Waals surface area (Å²) < 4.78 is 0. The lowest BCUT2D eigenvalue weighted by atomic mass is 9.40. The first-order valence-corrected chi connectivity index (χ1v) is 7.03. The summed E-state index contributed by atoms with van der Waals surface area (Å²) in [6.07, 6.45) is 4.52. The Hall–Kier alpha value is -0.655. The maximum atomic E-state index is 2.60. The predicted molar refractivity (Wildman–Crippen MR) is 83.7 cm³/mol. The molecular formula is C16H30BN. The Labute approximate surface area is 114 Å². The second kappa shape index (κ2) is 4.47. The van der Waals surface area contributed by atoms with Crippen molar-refractivity contribution in [2.75, 3.05) is 0 Å². The molecule has 0 aromatic carbocycles. The number of nitrogens with zero attached hydrogens (tertiary/aromatic N) is 1. The summed E-state index contributed by atoms with van der Waals surface area (Å²) in [6, 6.07) is 0. The highest BCUT2D eigenvalue weighted by Gasteiger charge is 2.42. The molecule has 0 saturated carbocycles. The first-order valence-electron chi connectivity index (χ1n) is 7.03. The zero-order valence-corrected chi connectivity index (χ0v) is 13.8. The van der Waals surface area contributed by atoms with E-state index in [2.05, 4.69) is 85.3 Å². The zero-order chi connectivity index (χ0) is 14.4. The normalized spacial score (nSPS) is 18.2. The van der Waals surface area contributed by atoms with Gasteiger partial charge in [0, 0.05) is 16.7 Å². The van der Waals surface area contributed by atoms with Crippen LogP contribution in [0.25, 0.3) is 0 Å². The van der Waals surface area contributed by atoms with Crippen molar-refractivity contribution in [3.63, 3.8) is 0 Å². The van der Waals surface area contributed by atoms with E-state index >= 15 is 0 Å². The fraction of sp³-hybridized carbons (Fsp3) is 0.750. The topological polar surface area (TPSA) is 3.24 Å². The summed E-state index contributed by atoms with van der Waals surface area (Å²) in [5.74, 6) is 2.35. The number of allylic oxidation sites excluding steroid dienone is 3. The number of hydrogen-bond donors (Lipinski definition) is 0. The van der Waals surface area contributed by atoms with Gasteiger partial charge in [-0.15, -0.1) is 0 Å². The Morgan fingerprint density at radius 3 is 1.72 bits per heavy atom. The molecule has 0 bridgehead atoms. The smallest absolute Gasteiger partial charge is 0.287 e. The minimum Gasteiger partial charge on any atom is -0.409 e. The van der Waals surface area contributed by atoms with Gasteiger partial charge in [-0.25, -0.2) is 0 Å². The molecule has 1 aliphatic heterocycles. The summed E-state index contributed by atoms with van der Waals surface area (Å²) in [6.45, 7) is 21.3. The third kappa shape index (κ3) is 3.21. The van der Waals surface area contributed by atoms with Crippen molar-refractivity contribution in [3.05, 3.63) is 23.8 Å². The Kier molecular flexibility index (Phi) is 3.82. The van der Waals surface area contributed by atoms with E-state index in [9.17, 15) is 0 Å². The molecule has 102 valence electrons. The first kappa shape index (κ1) is 15.4. The molecule has 0 radical (unpaired) electrons. The van der Waals surface area contributed by atoms with Crippen LogP contribution in [-0.4, -0.2) is 17.2 Å². The maximum Gasteiger partial charge on any atom is 0.287 e. The van der Waals surface area contributed by atoms with Gasteiger partial charge in [0.05, 0.1) is 0 Å². The van der Waals surface area contributed by atoms with Crippen LogP contribution in [0.5, 0.6) is 0 Å². The lowest BCUT2D eigenvalue weighted by Gasteiger charge is -2.51. The maximum absolute atomic E-state index is 2.60. The van der Waals surface area contributed by atoms with Gasteiger partial charge in [-0.05, 0) is 32.2 Å². The third-order valence-corrected chi connectivity index (χ3v) is 3.46. The number of hydrogen-bond acceptors (Lipinski definition) is 1. The fourth-order valence-corrected chi connectivity index (χ4v) is 2.63. The van der Waals surface area contributed by atoms with Crippen LogP contribution in [0.15, 0.2) is 23.8 Å². The van der Waals surface area contributed by atoms with Crippen LogP contribution in [0.2, 0.25) is 5.31 Å². The Morgan fingerprint density at radius 1 is 0.889 bits per heavy atom. The van der Waals surface area contributed by atoms with Crippen LogP contribution in [0, 0.1) is 5.41 Å². The fourth-order valence-electron chi connectivity index (χ4n) is 2.63. The summed E-state index contributed by atoms with van der Waals surface area (Å²) in [7, 11) is 0. The Bertz CT molecular complexity index is 358. The lowest BCUT2D eigenvalue weighted by molar-refractivity contribution is 0.239. The highest BCUT2D eigenvalue weighted by Crippen LogP contribution is 2.42. The van der Waals surface area contributed by atoms with Gasteiger partial charge in [0.2, 0.25) is 0 Å². The SMILES string of the molecule is CC(C)(C)B1C=CC=C(C(C)(C)C)N1C(C)(C)C. The van der Waals surface area contributed by atoms with Crippen LogP contribution in [0.4, 0.5) is 0 Å². The zero-order valence-electron chi connectivity index (χ0n) is 13.8. The molecule has 0 saturated heterocycles. The molecule has 0 fully saturated rings. The van der Waals surface area contributed by atoms with Crippen molar-refractivity contribution in [3.8, 4) is 0 Å². The van der Waals surface area contributed by atoms with E-state index < -0.39 is 0 Å². The van der Waals surface area contributed by atoms with Gasteiger partial charge in [0.15, 0.2) is 0 Å². The highest BCUT2D eigenvalue weighted by atomic mass is 15.2. The van der Waals surface area contributed by atoms with Crippen LogP contribution in [-0.2, 0) is 0 Å². The second-order valence-electron chi connectivity index (χ2n) is 8.54. The van der Waals surface area contributed by atoms with Gasteiger partial charge in [0.25, 0.3) is 6.85 Å². The third-order valence-electron chi connectivity index (χ3n) is 3.46. The molecule has 1 rings (SSSR count). The van der Waals surface area contributed by atoms with Crippen LogP contribution < -0.4 is 0 Å². The Balaban J connectivity index is 3.29. The van der Waals surface area contributed by atoms with Gasteiger partial charge in [-0.2, -0.15) is 0 Å². The van der Waals surface area contributed by atoms with E-state index in [1.165, 1.54) is 5.70 Å². The molecular weight excluding hydrogens is 217 g/mol. The predicted octanol–water partition coefficient (Wildman–Crippen LogP) is 4.92. The van der Waals surface area contributed by atoms with Crippen LogP contribution >= 0.6 is 0 Å². The molecule has 0 aromatic rings. The first-order chi connectivity index (χ1) is 7.85. The molecule has 0 unspecified atom stereocenters. The van der Waals surface area contributed by atoms with Gasteiger partial charge in [-0.3, -0.25) is 0 Å². The van der Waals surface area contributed by atoms with Crippen LogP contribution in [0.3, 0.4) is 0 Å². The molecule has 1 heterocycles. The molecule has 0 aromatic heterocycles. The molecule has 1 aliphatic rings. The quantitative estimate of drug-likeness (QED) is 0.549. The molecule has 0 aliphatic carbocycles. The minimum atomic E-state index is 0.141. The number of rotatable bonds is 0. The van der Waals surface area contributed by atoms with Crippen molar-refractivity contribution in [1.82, 2.24) is 4.81 Å². The summed E-state index contributed by atoms with van der Waals surface area (Å²) in [5.41, 5.74) is 1.76. The van der Waals surface area contributed by atoms with Crippen molar-refractivity contribution >= 4 is 6.85 Å². The van der Waals surface area contributed by atoms with E-state index in [1.54, 1.807) is 0 Å². The van der Waals surface area contributed by atoms with E-state index in [-0.39, 0.29) is 16.3 Å². The van der Waals surface area contributed by atoms with Gasteiger partial charge in [0.1, 0.15) is 0 Å². The highest BCUT2D eigenvalue weighted by molar-refractivity contribution is 6.65. The standard InChI is InChI=1S/C16H30BN/c1-14(2,3)13-11-10-12-17(15(4,5)6)18(13)16(7,8)9/h10-12H,1-9H3. The van der Waals surface area contributed by atoms with Crippen LogP contribution in [0.1, 0.15) is 62.3 Å². The second-order valence-corrected chi connectivity index (χ2v) is 8.54. The largest absolute Gasteiger partial charge is 0.409 e. The lowest BCUT2D eigenvalue weighted by Crippen LogP contribution is -2.56. The van der Waals surface area contributed by atoms with Crippen molar-refractivity contribution in [2.24, 2.45) is 5.41 Å². The van der Waals surface area contributed by atoms with Crippen molar-refractivity contribution < 1.29 is 0 Å². The van der Waals surface area contributed by atoms with Gasteiger partial charge < -0.3 is 4.81 Å². The van der Waals surface area contributed by atoms with E-state index in [1.807, 2.05) is 0 Å². The average Bonchev–Trinajstić information content (AvgIpc) is 2.12. The molecule has 0 amide bonds. The van der Waals surface area contributed by atoms with E-state index in [0.717, 1.165) is 0 Å².